The predicted octanol–water partition coefficient (Wildman–Crippen LogP) is 3.37. The first-order valence-corrected chi connectivity index (χ1v) is 8.62. The highest BCUT2D eigenvalue weighted by Gasteiger charge is 2.18. The Labute approximate surface area is 142 Å². The molecule has 0 aliphatic carbocycles. The minimum Gasteiger partial charge on any atom is -0.321 e. The maximum atomic E-state index is 12.4. The molecular formula is C16H18F2N4OS. The lowest BCUT2D eigenvalue weighted by Crippen LogP contribution is -2.32. The van der Waals surface area contributed by atoms with Crippen molar-refractivity contribution in [3.8, 4) is 0 Å². The lowest BCUT2D eigenvalue weighted by molar-refractivity contribution is 0.102. The van der Waals surface area contributed by atoms with Gasteiger partial charge in [-0.25, -0.2) is 0 Å². The van der Waals surface area contributed by atoms with E-state index in [-0.39, 0.29) is 11.9 Å². The van der Waals surface area contributed by atoms with Gasteiger partial charge in [0.1, 0.15) is 0 Å². The van der Waals surface area contributed by atoms with Gasteiger partial charge in [0.25, 0.3) is 11.7 Å². The lowest BCUT2D eigenvalue weighted by Gasteiger charge is -2.22. The normalized spacial score (nSPS) is 17.9. The number of piperidine rings is 1. The van der Waals surface area contributed by atoms with Crippen LogP contribution in [0.1, 0.15) is 29.4 Å². The molecule has 1 aliphatic heterocycles. The van der Waals surface area contributed by atoms with Crippen molar-refractivity contribution < 1.29 is 13.6 Å². The zero-order chi connectivity index (χ0) is 16.9. The van der Waals surface area contributed by atoms with Gasteiger partial charge in [0, 0.05) is 23.3 Å². The minimum atomic E-state index is -2.49. The van der Waals surface area contributed by atoms with Crippen molar-refractivity contribution in [2.45, 2.75) is 29.5 Å². The Morgan fingerprint density at radius 3 is 3.04 bits per heavy atom. The Bertz CT molecular complexity index is 701. The molecule has 0 bridgehead atoms. The highest BCUT2D eigenvalue weighted by molar-refractivity contribution is 7.99. The van der Waals surface area contributed by atoms with Crippen LogP contribution < -0.4 is 10.6 Å². The maximum Gasteiger partial charge on any atom is 0.288 e. The van der Waals surface area contributed by atoms with Gasteiger partial charge in [-0.15, -0.1) is 0 Å². The number of amides is 1. The van der Waals surface area contributed by atoms with E-state index in [4.69, 9.17) is 0 Å². The molecule has 1 aromatic carbocycles. The third-order valence-corrected chi connectivity index (χ3v) is 4.51. The average molecular weight is 352 g/mol. The van der Waals surface area contributed by atoms with Crippen molar-refractivity contribution in [2.24, 2.45) is 0 Å². The van der Waals surface area contributed by atoms with Gasteiger partial charge in [0.2, 0.25) is 0 Å². The largest absolute Gasteiger partial charge is 0.321 e. The number of carbonyl (C=O) groups excluding carboxylic acids is 1. The number of hydrogen-bond acceptors (Lipinski definition) is 4. The first-order chi connectivity index (χ1) is 11.6. The van der Waals surface area contributed by atoms with Gasteiger partial charge in [-0.05, 0) is 43.7 Å². The Balaban J connectivity index is 1.65. The maximum absolute atomic E-state index is 12.4. The quantitative estimate of drug-likeness (QED) is 0.810. The van der Waals surface area contributed by atoms with Crippen molar-refractivity contribution >= 4 is 23.4 Å². The summed E-state index contributed by atoms with van der Waals surface area (Å²) >= 11 is 0.447. The SMILES string of the molecule is O=C(Nc1cccc(SC(F)F)c1)c1ccn(C2CCCNC2)n1. The predicted molar refractivity (Wildman–Crippen MR) is 89.6 cm³/mol. The van der Waals surface area contributed by atoms with Gasteiger partial charge >= 0.3 is 0 Å². The number of carbonyl (C=O) groups is 1. The van der Waals surface area contributed by atoms with Crippen LogP contribution >= 0.6 is 11.8 Å². The van der Waals surface area contributed by atoms with Crippen molar-refractivity contribution in [2.75, 3.05) is 18.4 Å². The summed E-state index contributed by atoms with van der Waals surface area (Å²) in [7, 11) is 0. The molecule has 1 aromatic heterocycles. The second-order valence-electron chi connectivity index (χ2n) is 5.54. The molecule has 1 atom stereocenters. The first-order valence-electron chi connectivity index (χ1n) is 7.74. The van der Waals surface area contributed by atoms with Gasteiger partial charge in [-0.3, -0.25) is 9.48 Å². The molecule has 0 spiro atoms. The van der Waals surface area contributed by atoms with E-state index >= 15 is 0 Å². The number of anilines is 1. The summed E-state index contributed by atoms with van der Waals surface area (Å²) in [5, 5.41) is 10.3. The number of hydrogen-bond donors (Lipinski definition) is 2. The van der Waals surface area contributed by atoms with Gasteiger partial charge < -0.3 is 10.6 Å². The average Bonchev–Trinajstić information content (AvgIpc) is 3.05. The Hall–Kier alpha value is -1.93. The summed E-state index contributed by atoms with van der Waals surface area (Å²) in [5.74, 6) is -2.84. The Morgan fingerprint density at radius 2 is 2.29 bits per heavy atom. The monoisotopic (exact) mass is 352 g/mol. The summed E-state index contributed by atoms with van der Waals surface area (Å²) in [6, 6.07) is 8.32. The number of benzene rings is 1. The van der Waals surface area contributed by atoms with E-state index < -0.39 is 5.76 Å². The molecule has 8 heteroatoms. The smallest absolute Gasteiger partial charge is 0.288 e. The number of nitrogens with zero attached hydrogens (tertiary/aromatic N) is 2. The van der Waals surface area contributed by atoms with Gasteiger partial charge in [-0.1, -0.05) is 17.8 Å². The fourth-order valence-electron chi connectivity index (χ4n) is 2.67. The number of alkyl halides is 2. The highest BCUT2D eigenvalue weighted by atomic mass is 32.2. The van der Waals surface area contributed by atoms with Gasteiger partial charge in [-0.2, -0.15) is 13.9 Å². The molecule has 1 fully saturated rings. The summed E-state index contributed by atoms with van der Waals surface area (Å²) in [4.78, 5) is 12.7. The number of nitrogens with one attached hydrogen (secondary N) is 2. The van der Waals surface area contributed by atoms with E-state index in [1.165, 1.54) is 6.07 Å². The van der Waals surface area contributed by atoms with Gasteiger partial charge in [0.15, 0.2) is 5.69 Å². The van der Waals surface area contributed by atoms with E-state index in [0.29, 0.717) is 28.0 Å². The van der Waals surface area contributed by atoms with Crippen LogP contribution in [0.5, 0.6) is 0 Å². The Morgan fingerprint density at radius 1 is 1.42 bits per heavy atom. The standard InChI is InChI=1S/C16H18F2N4OS/c17-16(18)24-13-5-1-3-11(9-13)20-15(23)14-6-8-22(21-14)12-4-2-7-19-10-12/h1,3,5-6,8-9,12,16,19H,2,4,7,10H2,(H,20,23). The summed E-state index contributed by atoms with van der Waals surface area (Å²) in [6.45, 7) is 1.85. The van der Waals surface area contributed by atoms with Crippen LogP contribution in [-0.2, 0) is 0 Å². The zero-order valence-corrected chi connectivity index (χ0v) is 13.7. The van der Waals surface area contributed by atoms with Crippen LogP contribution in [0, 0.1) is 0 Å². The van der Waals surface area contributed by atoms with E-state index in [2.05, 4.69) is 15.7 Å². The number of thioether (sulfide) groups is 1. The summed E-state index contributed by atoms with van der Waals surface area (Å²) in [5.41, 5.74) is 0.784. The van der Waals surface area contributed by atoms with Crippen molar-refractivity contribution in [3.63, 3.8) is 0 Å². The molecule has 2 aromatic rings. The number of rotatable bonds is 5. The van der Waals surface area contributed by atoms with Crippen LogP contribution in [-0.4, -0.2) is 34.5 Å². The van der Waals surface area contributed by atoms with Crippen molar-refractivity contribution in [1.82, 2.24) is 15.1 Å². The number of aromatic nitrogens is 2. The minimum absolute atomic E-state index is 0.256. The van der Waals surface area contributed by atoms with Crippen molar-refractivity contribution in [1.29, 1.82) is 0 Å². The second kappa shape index (κ2) is 7.76. The summed E-state index contributed by atoms with van der Waals surface area (Å²) < 4.78 is 26.6. The molecular weight excluding hydrogens is 334 g/mol. The molecule has 1 unspecified atom stereocenters. The molecule has 0 saturated carbocycles. The van der Waals surface area contributed by atoms with E-state index in [0.717, 1.165) is 25.9 Å². The van der Waals surface area contributed by atoms with Crippen LogP contribution in [0.2, 0.25) is 0 Å². The number of halogens is 2. The molecule has 5 nitrogen and oxygen atoms in total. The van der Waals surface area contributed by atoms with E-state index in [1.807, 2.05) is 4.68 Å². The molecule has 128 valence electrons. The molecule has 1 amide bonds. The second-order valence-corrected chi connectivity index (χ2v) is 6.61. The first kappa shape index (κ1) is 16.9. The zero-order valence-electron chi connectivity index (χ0n) is 12.9. The van der Waals surface area contributed by atoms with Crippen LogP contribution in [0.3, 0.4) is 0 Å². The molecule has 0 radical (unpaired) electrons. The van der Waals surface area contributed by atoms with Crippen molar-refractivity contribution in [3.05, 3.63) is 42.2 Å². The summed E-state index contributed by atoms with van der Waals surface area (Å²) in [6.07, 6.45) is 3.92. The van der Waals surface area contributed by atoms with Crippen LogP contribution in [0.4, 0.5) is 14.5 Å². The molecule has 2 heterocycles. The Kier molecular flexibility index (Phi) is 5.47. The van der Waals surface area contributed by atoms with E-state index in [1.54, 1.807) is 30.5 Å². The molecule has 1 saturated heterocycles. The van der Waals surface area contributed by atoms with Gasteiger partial charge in [0.05, 0.1) is 6.04 Å². The fraction of sp³-hybridized carbons (Fsp3) is 0.375. The lowest BCUT2D eigenvalue weighted by atomic mass is 10.1. The fourth-order valence-corrected chi connectivity index (χ4v) is 3.22. The molecule has 24 heavy (non-hydrogen) atoms. The highest BCUT2D eigenvalue weighted by Crippen LogP contribution is 2.27. The molecule has 3 rings (SSSR count). The molecule has 2 N–H and O–H groups in total. The van der Waals surface area contributed by atoms with E-state index in [9.17, 15) is 13.6 Å². The topological polar surface area (TPSA) is 59.0 Å². The van der Waals surface area contributed by atoms with Crippen LogP contribution in [0.25, 0.3) is 0 Å². The third kappa shape index (κ3) is 4.33. The molecule has 1 aliphatic rings. The van der Waals surface area contributed by atoms with Crippen LogP contribution in [0.15, 0.2) is 41.4 Å². The third-order valence-electron chi connectivity index (χ3n) is 3.80.